The molecular weight excluding hydrogens is 308 g/mol. The van der Waals surface area contributed by atoms with Crippen LogP contribution >= 0.6 is 12.6 Å². The largest absolute Gasteiger partial charge is 0.444 e. The van der Waals surface area contributed by atoms with Gasteiger partial charge in [-0.25, -0.2) is 4.79 Å². The van der Waals surface area contributed by atoms with Crippen LogP contribution in [-0.4, -0.2) is 29.7 Å². The van der Waals surface area contributed by atoms with Gasteiger partial charge in [-0.05, 0) is 51.3 Å². The summed E-state index contributed by atoms with van der Waals surface area (Å²) in [4.78, 5) is 14.8. The Morgan fingerprint density at radius 3 is 2.57 bits per heavy atom. The van der Waals surface area contributed by atoms with Crippen LogP contribution in [-0.2, 0) is 10.2 Å². The smallest absolute Gasteiger partial charge is 0.410 e. The molecule has 23 heavy (non-hydrogen) atoms. The third-order valence-corrected chi connectivity index (χ3v) is 4.53. The highest BCUT2D eigenvalue weighted by Crippen LogP contribution is 2.39. The Balaban J connectivity index is 2.12. The van der Waals surface area contributed by atoms with E-state index in [9.17, 15) is 10.1 Å². The van der Waals surface area contributed by atoms with Crippen LogP contribution in [0.4, 0.5) is 4.79 Å². The second kappa shape index (κ2) is 6.84. The maximum atomic E-state index is 12.2. The first kappa shape index (κ1) is 17.7. The van der Waals surface area contributed by atoms with Crippen molar-refractivity contribution < 1.29 is 9.53 Å². The van der Waals surface area contributed by atoms with E-state index in [0.717, 1.165) is 23.3 Å². The van der Waals surface area contributed by atoms with E-state index < -0.39 is 5.60 Å². The summed E-state index contributed by atoms with van der Waals surface area (Å²) < 4.78 is 5.44. The van der Waals surface area contributed by atoms with Gasteiger partial charge in [0, 0.05) is 29.8 Å². The molecule has 1 amide bonds. The molecule has 0 aromatic heterocycles. The molecule has 0 radical (unpaired) electrons. The van der Waals surface area contributed by atoms with Gasteiger partial charge in [0.1, 0.15) is 5.60 Å². The van der Waals surface area contributed by atoms with Crippen molar-refractivity contribution in [1.29, 1.82) is 5.26 Å². The quantitative estimate of drug-likeness (QED) is 0.828. The second-order valence-electron chi connectivity index (χ2n) is 7.13. The first-order valence-corrected chi connectivity index (χ1v) is 8.35. The molecule has 0 saturated carbocycles. The van der Waals surface area contributed by atoms with Crippen LogP contribution in [0.25, 0.3) is 0 Å². The van der Waals surface area contributed by atoms with E-state index in [2.05, 4.69) is 24.8 Å². The number of carbonyl (C=O) groups is 1. The fourth-order valence-electron chi connectivity index (χ4n) is 3.00. The summed E-state index contributed by atoms with van der Waals surface area (Å²) in [6.07, 6.45) is 1.70. The normalized spacial score (nSPS) is 17.4. The molecule has 0 bridgehead atoms. The molecular formula is C18H24N2O2S. The highest BCUT2D eigenvalue weighted by atomic mass is 32.1. The summed E-state index contributed by atoms with van der Waals surface area (Å²) in [5.74, 6) is 0. The minimum absolute atomic E-state index is 0.202. The van der Waals surface area contributed by atoms with E-state index in [1.165, 1.54) is 0 Å². The lowest BCUT2D eigenvalue weighted by atomic mass is 9.71. The van der Waals surface area contributed by atoms with Gasteiger partial charge in [-0.2, -0.15) is 5.26 Å². The van der Waals surface area contributed by atoms with E-state index in [0.29, 0.717) is 19.5 Å². The fourth-order valence-corrected chi connectivity index (χ4v) is 3.22. The topological polar surface area (TPSA) is 53.3 Å². The van der Waals surface area contributed by atoms with Crippen molar-refractivity contribution >= 4 is 18.7 Å². The van der Waals surface area contributed by atoms with Crippen LogP contribution in [0.3, 0.4) is 0 Å². The number of nitrogens with zero attached hydrogens (tertiary/aromatic N) is 2. The molecule has 1 aromatic rings. The molecule has 124 valence electrons. The summed E-state index contributed by atoms with van der Waals surface area (Å²) >= 11 is 4.41. The van der Waals surface area contributed by atoms with Gasteiger partial charge in [0.05, 0.1) is 6.07 Å². The van der Waals surface area contributed by atoms with E-state index in [-0.39, 0.29) is 11.5 Å². The monoisotopic (exact) mass is 332 g/mol. The number of hydrogen-bond acceptors (Lipinski definition) is 4. The lowest BCUT2D eigenvalue weighted by Crippen LogP contribution is -2.46. The molecule has 0 unspecified atom stereocenters. The average molecular weight is 332 g/mol. The Morgan fingerprint density at radius 2 is 2.04 bits per heavy atom. The van der Waals surface area contributed by atoms with Crippen molar-refractivity contribution in [3.63, 3.8) is 0 Å². The van der Waals surface area contributed by atoms with Crippen LogP contribution in [0.1, 0.15) is 45.6 Å². The number of thiol groups is 1. The Hall–Kier alpha value is -1.67. The summed E-state index contributed by atoms with van der Waals surface area (Å²) in [6.45, 7) is 6.81. The molecule has 1 aliphatic heterocycles. The van der Waals surface area contributed by atoms with Crippen LogP contribution in [0, 0.1) is 11.3 Å². The SMILES string of the molecule is CC(C)(C)OC(=O)N1CCC(CC#N)(c2cccc(S)c2)CC1. The predicted molar refractivity (Wildman–Crippen MR) is 92.6 cm³/mol. The molecule has 1 heterocycles. The second-order valence-corrected chi connectivity index (χ2v) is 7.65. The fraction of sp³-hybridized carbons (Fsp3) is 0.556. The number of ether oxygens (including phenoxy) is 1. The molecule has 1 aromatic carbocycles. The van der Waals surface area contributed by atoms with Crippen molar-refractivity contribution in [2.24, 2.45) is 0 Å². The van der Waals surface area contributed by atoms with Crippen molar-refractivity contribution in [3.05, 3.63) is 29.8 Å². The van der Waals surface area contributed by atoms with Gasteiger partial charge in [0.15, 0.2) is 0 Å². The van der Waals surface area contributed by atoms with Crippen molar-refractivity contribution in [3.8, 4) is 6.07 Å². The van der Waals surface area contributed by atoms with E-state index in [4.69, 9.17) is 4.74 Å². The zero-order valence-electron chi connectivity index (χ0n) is 14.0. The van der Waals surface area contributed by atoms with Crippen LogP contribution in [0.2, 0.25) is 0 Å². The molecule has 0 N–H and O–H groups in total. The number of hydrogen-bond donors (Lipinski definition) is 1. The maximum absolute atomic E-state index is 12.2. The Kier molecular flexibility index (Phi) is 5.26. The Bertz CT molecular complexity index is 608. The van der Waals surface area contributed by atoms with Crippen LogP contribution in [0.5, 0.6) is 0 Å². The van der Waals surface area contributed by atoms with Gasteiger partial charge in [-0.1, -0.05) is 12.1 Å². The lowest BCUT2D eigenvalue weighted by Gasteiger charge is -2.41. The van der Waals surface area contributed by atoms with Gasteiger partial charge in [-0.3, -0.25) is 0 Å². The highest BCUT2D eigenvalue weighted by Gasteiger charge is 2.38. The summed E-state index contributed by atoms with van der Waals surface area (Å²) in [6, 6.07) is 10.3. The third-order valence-electron chi connectivity index (χ3n) is 4.25. The number of carbonyl (C=O) groups excluding carboxylic acids is 1. The minimum atomic E-state index is -0.487. The molecule has 1 saturated heterocycles. The first-order valence-electron chi connectivity index (χ1n) is 7.90. The lowest BCUT2D eigenvalue weighted by molar-refractivity contribution is 0.0165. The number of benzene rings is 1. The van der Waals surface area contributed by atoms with Gasteiger partial charge in [0.25, 0.3) is 0 Å². The summed E-state index contributed by atoms with van der Waals surface area (Å²) in [5.41, 5.74) is 0.445. The molecule has 1 fully saturated rings. The van der Waals surface area contributed by atoms with E-state index >= 15 is 0 Å². The molecule has 0 atom stereocenters. The van der Waals surface area contributed by atoms with Gasteiger partial charge >= 0.3 is 6.09 Å². The predicted octanol–water partition coefficient (Wildman–Crippen LogP) is 4.16. The number of likely N-dealkylation sites (tertiary alicyclic amines) is 1. The third kappa shape index (κ3) is 4.42. The van der Waals surface area contributed by atoms with Gasteiger partial charge < -0.3 is 9.64 Å². The van der Waals surface area contributed by atoms with Crippen molar-refractivity contribution in [2.75, 3.05) is 13.1 Å². The van der Waals surface area contributed by atoms with Gasteiger partial charge in [-0.15, -0.1) is 12.6 Å². The standard InChI is InChI=1S/C18H24N2O2S/c1-17(2,3)22-16(21)20-11-8-18(7-10-19,9-12-20)14-5-4-6-15(23)13-14/h4-6,13,23H,7-9,11-12H2,1-3H3. The van der Waals surface area contributed by atoms with E-state index in [1.54, 1.807) is 4.90 Å². The Morgan fingerprint density at radius 1 is 1.39 bits per heavy atom. The molecule has 1 aliphatic rings. The Labute approximate surface area is 143 Å². The van der Waals surface area contributed by atoms with Crippen molar-refractivity contribution in [1.82, 2.24) is 4.90 Å². The number of piperidine rings is 1. The average Bonchev–Trinajstić information content (AvgIpc) is 2.46. The zero-order chi connectivity index (χ0) is 17.1. The highest BCUT2D eigenvalue weighted by molar-refractivity contribution is 7.80. The molecule has 5 heteroatoms. The number of rotatable bonds is 2. The molecule has 0 aliphatic carbocycles. The zero-order valence-corrected chi connectivity index (χ0v) is 14.9. The summed E-state index contributed by atoms with van der Waals surface area (Å²) in [5, 5.41) is 9.27. The van der Waals surface area contributed by atoms with Crippen LogP contribution in [0.15, 0.2) is 29.2 Å². The van der Waals surface area contributed by atoms with Crippen LogP contribution < -0.4 is 0 Å². The van der Waals surface area contributed by atoms with Crippen molar-refractivity contribution in [2.45, 2.75) is 55.9 Å². The summed E-state index contributed by atoms with van der Waals surface area (Å²) in [7, 11) is 0. The maximum Gasteiger partial charge on any atom is 0.410 e. The van der Waals surface area contributed by atoms with Gasteiger partial charge in [0.2, 0.25) is 0 Å². The minimum Gasteiger partial charge on any atom is -0.444 e. The number of amides is 1. The van der Waals surface area contributed by atoms with E-state index in [1.807, 2.05) is 39.0 Å². The first-order chi connectivity index (χ1) is 10.8. The molecule has 2 rings (SSSR count). The molecule has 0 spiro atoms. The number of nitriles is 1. The molecule has 4 nitrogen and oxygen atoms in total.